The summed E-state index contributed by atoms with van der Waals surface area (Å²) in [6, 6.07) is 0. The van der Waals surface area contributed by atoms with Crippen LogP contribution in [0.4, 0.5) is 0 Å². The van der Waals surface area contributed by atoms with Crippen LogP contribution in [0.1, 0.15) is 20.8 Å². The Morgan fingerprint density at radius 2 is 2.00 bits per heavy atom. The largest absolute Gasteiger partial charge is 0.222 e. The molecule has 0 bridgehead atoms. The van der Waals surface area contributed by atoms with Crippen molar-refractivity contribution in [1.29, 1.82) is 0 Å². The van der Waals surface area contributed by atoms with E-state index in [0.717, 1.165) is 11.3 Å². The van der Waals surface area contributed by atoms with Crippen molar-refractivity contribution in [3.05, 3.63) is 12.2 Å². The summed E-state index contributed by atoms with van der Waals surface area (Å²) in [5, 5.41) is 0. The molecule has 0 amide bonds. The minimum atomic E-state index is 0.510. The van der Waals surface area contributed by atoms with Gasteiger partial charge in [0.1, 0.15) is 0 Å². The molecule has 58 valence electrons. The van der Waals surface area contributed by atoms with E-state index in [4.69, 9.17) is 0 Å². The van der Waals surface area contributed by atoms with Gasteiger partial charge in [-0.3, -0.25) is 0 Å². The number of hydrogen-bond acceptors (Lipinski definition) is 2. The van der Waals surface area contributed by atoms with Crippen LogP contribution in [0.5, 0.6) is 0 Å². The van der Waals surface area contributed by atoms with Crippen LogP contribution < -0.4 is 0 Å². The minimum absolute atomic E-state index is 0.510. The van der Waals surface area contributed by atoms with Crippen LogP contribution in [0.25, 0.3) is 0 Å². The lowest BCUT2D eigenvalue weighted by Crippen LogP contribution is -2.01. The van der Waals surface area contributed by atoms with Crippen LogP contribution in [-0.4, -0.2) is 12.0 Å². The van der Waals surface area contributed by atoms with E-state index in [1.165, 1.54) is 11.9 Å². The second-order valence-electron chi connectivity index (χ2n) is 2.54. The summed E-state index contributed by atoms with van der Waals surface area (Å²) in [6.45, 7) is 10.2. The third-order valence-electron chi connectivity index (χ3n) is 1.39. The molecule has 0 aromatic rings. The Morgan fingerprint density at radius 1 is 1.50 bits per heavy atom. The molecule has 0 fully saturated rings. The van der Waals surface area contributed by atoms with Crippen molar-refractivity contribution in [1.82, 2.24) is 0 Å². The fourth-order valence-electron chi connectivity index (χ4n) is 0.613. The number of hydrogen-bond donors (Lipinski definition) is 0. The molecule has 0 aliphatic rings. The number of rotatable bonds is 3. The van der Waals surface area contributed by atoms with Gasteiger partial charge in [-0.1, -0.05) is 20.4 Å². The van der Waals surface area contributed by atoms with E-state index in [1.807, 2.05) is 13.2 Å². The molecule has 0 saturated carbocycles. The second kappa shape index (κ2) is 4.56. The summed E-state index contributed by atoms with van der Waals surface area (Å²) in [7, 11) is 0. The molecule has 0 radical (unpaired) electrons. The molecule has 0 aliphatic heterocycles. The zero-order valence-corrected chi connectivity index (χ0v) is 7.96. The normalized spacial score (nSPS) is 12.3. The molecular formula is C8H15NS. The van der Waals surface area contributed by atoms with E-state index in [1.54, 1.807) is 0 Å². The van der Waals surface area contributed by atoms with Crippen molar-refractivity contribution in [3.63, 3.8) is 0 Å². The van der Waals surface area contributed by atoms with Gasteiger partial charge in [0.05, 0.1) is 0 Å². The van der Waals surface area contributed by atoms with Crippen molar-refractivity contribution >= 4 is 17.7 Å². The maximum Gasteiger partial charge on any atom is 0.0484 e. The molecule has 2 heteroatoms. The Bertz CT molecular complexity index is 147. The van der Waals surface area contributed by atoms with E-state index >= 15 is 0 Å². The van der Waals surface area contributed by atoms with Gasteiger partial charge < -0.3 is 0 Å². The molecule has 0 saturated heterocycles. The fourth-order valence-corrected chi connectivity index (χ4v) is 1.00. The molecule has 0 atom stereocenters. The molecule has 0 aliphatic carbocycles. The Kier molecular flexibility index (Phi) is 4.45. The monoisotopic (exact) mass is 157 g/mol. The quantitative estimate of drug-likeness (QED) is 0.453. The molecular weight excluding hydrogens is 142 g/mol. The van der Waals surface area contributed by atoms with Gasteiger partial charge in [-0.2, -0.15) is 0 Å². The molecule has 1 nitrogen and oxygen atoms in total. The summed E-state index contributed by atoms with van der Waals surface area (Å²) < 4.78 is 4.18. The van der Waals surface area contributed by atoms with Gasteiger partial charge in [0.2, 0.25) is 0 Å². The number of allylic oxidation sites excluding steroid dienone is 1. The van der Waals surface area contributed by atoms with Crippen molar-refractivity contribution in [2.24, 2.45) is 10.3 Å². The predicted octanol–water partition coefficient (Wildman–Crippen LogP) is 2.94. The summed E-state index contributed by atoms with van der Waals surface area (Å²) in [5.41, 5.74) is 2.19. The Labute approximate surface area is 67.8 Å². The highest BCUT2D eigenvalue weighted by Gasteiger charge is 2.02. The first-order chi connectivity index (χ1) is 4.59. The van der Waals surface area contributed by atoms with Gasteiger partial charge in [-0.05, 0) is 30.4 Å². The van der Waals surface area contributed by atoms with Gasteiger partial charge in [0, 0.05) is 12.0 Å². The van der Waals surface area contributed by atoms with E-state index in [-0.39, 0.29) is 0 Å². The maximum atomic E-state index is 4.18. The van der Waals surface area contributed by atoms with E-state index in [2.05, 4.69) is 24.8 Å². The highest BCUT2D eigenvalue weighted by molar-refractivity contribution is 7.97. The van der Waals surface area contributed by atoms with Gasteiger partial charge in [0.15, 0.2) is 0 Å². The topological polar surface area (TPSA) is 12.4 Å². The lowest BCUT2D eigenvalue weighted by molar-refractivity contribution is 0.806. The molecule has 0 aromatic carbocycles. The van der Waals surface area contributed by atoms with Gasteiger partial charge in [0.25, 0.3) is 0 Å². The Balaban J connectivity index is 4.08. The molecule has 0 N–H and O–H groups in total. The van der Waals surface area contributed by atoms with Crippen LogP contribution in [0, 0.1) is 5.92 Å². The first-order valence-electron chi connectivity index (χ1n) is 3.36. The van der Waals surface area contributed by atoms with Crippen LogP contribution in [0.3, 0.4) is 0 Å². The van der Waals surface area contributed by atoms with E-state index in [9.17, 15) is 0 Å². The fraction of sp³-hybridized carbons (Fsp3) is 0.625. The first-order valence-corrected chi connectivity index (χ1v) is 4.54. The van der Waals surface area contributed by atoms with Crippen LogP contribution in [-0.2, 0) is 0 Å². The lowest BCUT2D eigenvalue weighted by Gasteiger charge is -2.06. The maximum absolute atomic E-state index is 4.18. The number of nitrogens with zero attached hydrogens (tertiary/aromatic N) is 1. The summed E-state index contributed by atoms with van der Waals surface area (Å²) in [5.74, 6) is 0.510. The average molecular weight is 157 g/mol. The zero-order valence-electron chi connectivity index (χ0n) is 7.14. The molecule has 0 heterocycles. The molecule has 0 spiro atoms. The van der Waals surface area contributed by atoms with Crippen molar-refractivity contribution in [2.75, 3.05) is 6.26 Å². The van der Waals surface area contributed by atoms with Gasteiger partial charge in [-0.25, -0.2) is 4.40 Å². The lowest BCUT2D eigenvalue weighted by atomic mass is 10.0. The smallest absolute Gasteiger partial charge is 0.0484 e. The predicted molar refractivity (Wildman–Crippen MR) is 50.6 cm³/mol. The SMILES string of the molecule is C=C(/C(C)=N\SC)C(C)C. The Morgan fingerprint density at radius 3 is 2.30 bits per heavy atom. The third kappa shape index (κ3) is 3.06. The van der Waals surface area contributed by atoms with Crippen molar-refractivity contribution < 1.29 is 0 Å². The molecule has 0 rings (SSSR count). The van der Waals surface area contributed by atoms with Crippen LogP contribution >= 0.6 is 11.9 Å². The minimum Gasteiger partial charge on any atom is -0.222 e. The highest BCUT2D eigenvalue weighted by Crippen LogP contribution is 2.10. The average Bonchev–Trinajstić information content (AvgIpc) is 1.87. The van der Waals surface area contributed by atoms with E-state index < -0.39 is 0 Å². The third-order valence-corrected chi connectivity index (χ3v) is 1.85. The summed E-state index contributed by atoms with van der Waals surface area (Å²) in [4.78, 5) is 0. The molecule has 10 heavy (non-hydrogen) atoms. The van der Waals surface area contributed by atoms with E-state index in [0.29, 0.717) is 5.92 Å². The molecule has 0 aromatic heterocycles. The Hall–Kier alpha value is -0.240. The standard InChI is InChI=1S/C8H15NS/c1-6(2)7(3)8(4)9-10-5/h6H,3H2,1-2,4-5H3/b9-8-. The second-order valence-corrected chi connectivity index (χ2v) is 3.09. The van der Waals surface area contributed by atoms with Crippen molar-refractivity contribution in [3.8, 4) is 0 Å². The van der Waals surface area contributed by atoms with Crippen molar-refractivity contribution in [2.45, 2.75) is 20.8 Å². The summed E-state index contributed by atoms with van der Waals surface area (Å²) >= 11 is 1.48. The zero-order chi connectivity index (χ0) is 8.15. The summed E-state index contributed by atoms with van der Waals surface area (Å²) in [6.07, 6.45) is 1.96. The highest BCUT2D eigenvalue weighted by atomic mass is 32.2. The first kappa shape index (κ1) is 9.76. The van der Waals surface area contributed by atoms with Crippen LogP contribution in [0.2, 0.25) is 0 Å². The molecule has 0 unspecified atom stereocenters. The van der Waals surface area contributed by atoms with Gasteiger partial charge in [-0.15, -0.1) is 0 Å². The van der Waals surface area contributed by atoms with Crippen LogP contribution in [0.15, 0.2) is 16.5 Å². The van der Waals surface area contributed by atoms with Gasteiger partial charge >= 0.3 is 0 Å².